The van der Waals surface area contributed by atoms with Gasteiger partial charge in [-0.25, -0.2) is 13.6 Å². The first kappa shape index (κ1) is 18.2. The summed E-state index contributed by atoms with van der Waals surface area (Å²) in [7, 11) is 1.11. The highest BCUT2D eigenvalue weighted by Crippen LogP contribution is 2.38. The van der Waals surface area contributed by atoms with Crippen LogP contribution in [0.15, 0.2) is 46.9 Å². The molecule has 1 aliphatic rings. The third-order valence-corrected chi connectivity index (χ3v) is 4.60. The van der Waals surface area contributed by atoms with E-state index >= 15 is 0 Å². The van der Waals surface area contributed by atoms with Crippen LogP contribution in [-0.4, -0.2) is 29.6 Å². The lowest BCUT2D eigenvalue weighted by Gasteiger charge is -2.23. The van der Waals surface area contributed by atoms with Gasteiger partial charge < -0.3 is 0 Å². The van der Waals surface area contributed by atoms with Gasteiger partial charge in [0.1, 0.15) is 24.4 Å². The summed E-state index contributed by atoms with van der Waals surface area (Å²) in [5, 5.41) is 7.09. The average Bonchev–Trinajstić information content (AvgIpc) is 3.18. The van der Waals surface area contributed by atoms with Crippen molar-refractivity contribution in [1.29, 1.82) is 0 Å². The molecular weight excluding hydrogens is 377 g/mol. The van der Waals surface area contributed by atoms with Gasteiger partial charge >= 0.3 is 12.2 Å². The molecule has 0 saturated carbocycles. The molecule has 1 N–H and O–H groups in total. The molecule has 2 heterocycles. The maximum absolute atomic E-state index is 13.8. The fourth-order valence-electron chi connectivity index (χ4n) is 2.39. The summed E-state index contributed by atoms with van der Waals surface area (Å²) < 4.78 is 65.7. The van der Waals surface area contributed by atoms with Crippen molar-refractivity contribution in [3.05, 3.63) is 58.3 Å². The largest absolute Gasteiger partial charge is 0.452 e. The van der Waals surface area contributed by atoms with Gasteiger partial charge in [0.15, 0.2) is 5.70 Å². The van der Waals surface area contributed by atoms with E-state index in [-0.39, 0.29) is 5.70 Å². The number of halogens is 5. The van der Waals surface area contributed by atoms with Gasteiger partial charge in [0, 0.05) is 6.08 Å². The minimum atomic E-state index is -4.78. The van der Waals surface area contributed by atoms with Crippen LogP contribution in [0.25, 0.3) is 5.70 Å². The minimum absolute atomic E-state index is 0.0541. The van der Waals surface area contributed by atoms with Crippen molar-refractivity contribution in [3.63, 3.8) is 0 Å². The summed E-state index contributed by atoms with van der Waals surface area (Å²) in [4.78, 5) is 13.0. The topological polar surface area (TPSA) is 41.5 Å². The summed E-state index contributed by atoms with van der Waals surface area (Å²) in [6, 6.07) is 4.94. The predicted molar refractivity (Wildman–Crippen MR) is 87.3 cm³/mol. The summed E-state index contributed by atoms with van der Waals surface area (Å²) in [5.41, 5.74) is -2.06. The van der Waals surface area contributed by atoms with Crippen LogP contribution in [-0.2, 0) is 0 Å². The molecule has 2 amide bonds. The zero-order valence-corrected chi connectivity index (χ0v) is 14.0. The van der Waals surface area contributed by atoms with Crippen molar-refractivity contribution in [2.45, 2.75) is 6.18 Å². The zero-order valence-electron chi connectivity index (χ0n) is 13.1. The van der Waals surface area contributed by atoms with E-state index in [0.717, 1.165) is 42.7 Å². The standard InChI is InChI=1S/C16H10F5N3OS/c1-24(15(25)22-14-9(17)4-2-5-10(14)18)11(12-6-3-7-26-12)8-13(23-24)16(19,20)21/h2-8H,1H3/p+1. The quantitative estimate of drug-likeness (QED) is 0.572. The Bertz CT molecular complexity index is 900. The Morgan fingerprint density at radius 3 is 2.35 bits per heavy atom. The molecule has 0 spiro atoms. The first-order valence-electron chi connectivity index (χ1n) is 7.18. The Kier molecular flexibility index (Phi) is 4.41. The molecule has 4 nitrogen and oxygen atoms in total. The molecule has 2 aromatic rings. The number of hydrogen-bond acceptors (Lipinski definition) is 3. The van der Waals surface area contributed by atoms with Crippen LogP contribution in [0.2, 0.25) is 0 Å². The Labute approximate surface area is 148 Å². The van der Waals surface area contributed by atoms with E-state index in [9.17, 15) is 26.7 Å². The number of quaternary nitrogens is 1. The van der Waals surface area contributed by atoms with E-state index in [4.69, 9.17) is 0 Å². The molecule has 1 unspecified atom stereocenters. The number of benzene rings is 1. The van der Waals surface area contributed by atoms with Gasteiger partial charge in [-0.3, -0.25) is 5.32 Å². The number of urea groups is 1. The third-order valence-electron chi connectivity index (χ3n) is 3.70. The second kappa shape index (κ2) is 6.29. The Morgan fingerprint density at radius 1 is 1.15 bits per heavy atom. The van der Waals surface area contributed by atoms with Crippen LogP contribution in [0.5, 0.6) is 0 Å². The van der Waals surface area contributed by atoms with Crippen molar-refractivity contribution < 1.29 is 31.3 Å². The zero-order chi connectivity index (χ0) is 19.1. The maximum atomic E-state index is 13.8. The molecule has 0 radical (unpaired) electrons. The second-order valence-corrected chi connectivity index (χ2v) is 6.42. The number of nitrogens with one attached hydrogen (secondary N) is 1. The fourth-order valence-corrected chi connectivity index (χ4v) is 3.21. The van der Waals surface area contributed by atoms with Crippen LogP contribution < -0.4 is 5.32 Å². The fraction of sp³-hybridized carbons (Fsp3) is 0.125. The van der Waals surface area contributed by atoms with Crippen molar-refractivity contribution in [2.75, 3.05) is 12.4 Å². The van der Waals surface area contributed by atoms with Crippen molar-refractivity contribution in [3.8, 4) is 0 Å². The number of carbonyl (C=O) groups excluding carboxylic acids is 1. The van der Waals surface area contributed by atoms with Gasteiger partial charge in [-0.1, -0.05) is 21.8 Å². The summed E-state index contributed by atoms with van der Waals surface area (Å²) in [6.07, 6.45) is -4.02. The molecule has 0 aliphatic carbocycles. The van der Waals surface area contributed by atoms with Crippen LogP contribution in [0.1, 0.15) is 4.88 Å². The van der Waals surface area contributed by atoms with Crippen LogP contribution in [0, 0.1) is 11.6 Å². The highest BCUT2D eigenvalue weighted by molar-refractivity contribution is 7.11. The SMILES string of the molecule is C[N+]1(C(=O)Nc2c(F)cccc2F)N=C(C(F)(F)F)C=C1c1cccs1. The Morgan fingerprint density at radius 2 is 1.81 bits per heavy atom. The molecule has 1 aromatic carbocycles. The number of alkyl halides is 3. The van der Waals surface area contributed by atoms with Crippen LogP contribution >= 0.6 is 11.3 Å². The highest BCUT2D eigenvalue weighted by atomic mass is 32.1. The van der Waals surface area contributed by atoms with Gasteiger partial charge in [0.25, 0.3) is 0 Å². The number of amides is 2. The summed E-state index contributed by atoms with van der Waals surface area (Å²) in [5.74, 6) is -2.10. The Hall–Kier alpha value is -2.59. The smallest absolute Gasteiger partial charge is 0.267 e. The number of rotatable bonds is 2. The lowest BCUT2D eigenvalue weighted by Crippen LogP contribution is -2.44. The molecule has 1 aromatic heterocycles. The van der Waals surface area contributed by atoms with Gasteiger partial charge in [-0.05, 0) is 23.6 Å². The summed E-state index contributed by atoms with van der Waals surface area (Å²) in [6.45, 7) is 0. The van der Waals surface area contributed by atoms with Crippen LogP contribution in [0.4, 0.5) is 32.4 Å². The number of anilines is 1. The molecule has 3 rings (SSSR count). The highest BCUT2D eigenvalue weighted by Gasteiger charge is 2.50. The van der Waals surface area contributed by atoms with E-state index in [1.165, 1.54) is 6.07 Å². The number of nitrogens with zero attached hydrogens (tertiary/aromatic N) is 2. The normalized spacial score (nSPS) is 19.9. The summed E-state index contributed by atoms with van der Waals surface area (Å²) >= 11 is 1.11. The van der Waals surface area contributed by atoms with Crippen LogP contribution in [0.3, 0.4) is 0 Å². The average molecular weight is 388 g/mol. The lowest BCUT2D eigenvalue weighted by atomic mass is 10.2. The minimum Gasteiger partial charge on any atom is -0.267 e. The molecule has 10 heteroatoms. The second-order valence-electron chi connectivity index (χ2n) is 5.48. The van der Waals surface area contributed by atoms with Gasteiger partial charge in [0.05, 0.1) is 4.88 Å². The van der Waals surface area contributed by atoms with Crippen molar-refractivity contribution in [2.24, 2.45) is 5.10 Å². The van der Waals surface area contributed by atoms with Crippen molar-refractivity contribution >= 4 is 34.5 Å². The van der Waals surface area contributed by atoms with E-state index in [1.807, 2.05) is 5.32 Å². The van der Waals surface area contributed by atoms with E-state index in [1.54, 1.807) is 11.4 Å². The molecule has 0 bridgehead atoms. The molecule has 1 atom stereocenters. The number of hydrogen-bond donors (Lipinski definition) is 1. The molecule has 0 fully saturated rings. The van der Waals surface area contributed by atoms with E-state index in [2.05, 4.69) is 5.10 Å². The predicted octanol–water partition coefficient (Wildman–Crippen LogP) is 4.98. The number of carbonyl (C=O) groups is 1. The number of para-hydroxylation sites is 1. The first-order chi connectivity index (χ1) is 12.1. The molecule has 1 aliphatic heterocycles. The number of allylic oxidation sites excluding steroid dienone is 1. The van der Waals surface area contributed by atoms with Gasteiger partial charge in [0.2, 0.25) is 5.71 Å². The maximum Gasteiger partial charge on any atom is 0.452 e. The lowest BCUT2D eigenvalue weighted by molar-refractivity contribution is -0.756. The first-order valence-corrected chi connectivity index (χ1v) is 8.06. The Balaban J connectivity index is 2.04. The molecular formula is C16H11F5N3OS+. The van der Waals surface area contributed by atoms with Crippen molar-refractivity contribution in [1.82, 2.24) is 0 Å². The van der Waals surface area contributed by atoms with Gasteiger partial charge in [-0.15, -0.1) is 11.3 Å². The number of thiophene rings is 1. The third kappa shape index (κ3) is 3.13. The van der Waals surface area contributed by atoms with Gasteiger partial charge in [-0.2, -0.15) is 13.2 Å². The molecule has 26 heavy (non-hydrogen) atoms. The van der Waals surface area contributed by atoms with E-state index < -0.39 is 39.8 Å². The molecule has 136 valence electrons. The molecule has 0 saturated heterocycles. The van der Waals surface area contributed by atoms with E-state index in [0.29, 0.717) is 4.88 Å². The monoisotopic (exact) mass is 388 g/mol.